The minimum atomic E-state index is -0.397. The fourth-order valence-corrected chi connectivity index (χ4v) is 2.86. The van der Waals surface area contributed by atoms with Crippen molar-refractivity contribution in [2.45, 2.75) is 39.3 Å². The van der Waals surface area contributed by atoms with Gasteiger partial charge in [0.2, 0.25) is 0 Å². The van der Waals surface area contributed by atoms with Gasteiger partial charge in [0.1, 0.15) is 0 Å². The Morgan fingerprint density at radius 1 is 1.24 bits per heavy atom. The van der Waals surface area contributed by atoms with E-state index in [1.807, 2.05) is 0 Å². The van der Waals surface area contributed by atoms with Crippen LogP contribution in [0.3, 0.4) is 0 Å². The first kappa shape index (κ1) is 18.9. The Kier molecular flexibility index (Phi) is 6.52. The van der Waals surface area contributed by atoms with Gasteiger partial charge in [-0.3, -0.25) is 10.1 Å². The second-order valence-corrected chi connectivity index (χ2v) is 7.75. The molecular weight excluding hydrogens is 336 g/mol. The molecule has 0 aliphatic heterocycles. The van der Waals surface area contributed by atoms with Crippen molar-refractivity contribution in [3.05, 3.63) is 62.3 Å². The zero-order valence-corrected chi connectivity index (χ0v) is 15.6. The molecular formula is C18H24N4O2S. The van der Waals surface area contributed by atoms with Crippen LogP contribution in [0.5, 0.6) is 0 Å². The van der Waals surface area contributed by atoms with Gasteiger partial charge in [-0.1, -0.05) is 18.2 Å². The van der Waals surface area contributed by atoms with Crippen molar-refractivity contribution in [2.24, 2.45) is 4.99 Å². The number of hydrogen-bond donors (Lipinski definition) is 2. The highest BCUT2D eigenvalue weighted by atomic mass is 32.1. The molecule has 25 heavy (non-hydrogen) atoms. The molecule has 0 fully saturated rings. The summed E-state index contributed by atoms with van der Waals surface area (Å²) in [6.07, 6.45) is 0.944. The van der Waals surface area contributed by atoms with Crippen LogP contribution in [0.4, 0.5) is 5.69 Å². The van der Waals surface area contributed by atoms with Crippen LogP contribution < -0.4 is 10.6 Å². The molecule has 0 unspecified atom stereocenters. The van der Waals surface area contributed by atoms with Crippen LogP contribution in [-0.2, 0) is 13.0 Å². The SMILES string of the molecule is CC(C)(C)NC(=NCc1ccc([N+](=O)[O-])cc1)NCCc1cccs1. The topological polar surface area (TPSA) is 79.6 Å². The molecule has 0 aliphatic carbocycles. The van der Waals surface area contributed by atoms with Crippen LogP contribution in [0.2, 0.25) is 0 Å². The number of nitro benzene ring substituents is 1. The van der Waals surface area contributed by atoms with Gasteiger partial charge in [-0.05, 0) is 44.2 Å². The number of hydrogen-bond acceptors (Lipinski definition) is 4. The summed E-state index contributed by atoms with van der Waals surface area (Å²) in [5.41, 5.74) is 0.915. The zero-order valence-electron chi connectivity index (χ0n) is 14.8. The molecule has 0 atom stereocenters. The summed E-state index contributed by atoms with van der Waals surface area (Å²) in [6.45, 7) is 7.49. The van der Waals surface area contributed by atoms with E-state index in [0.717, 1.165) is 24.5 Å². The lowest BCUT2D eigenvalue weighted by Gasteiger charge is -2.24. The Bertz CT molecular complexity index is 704. The van der Waals surface area contributed by atoms with E-state index in [0.29, 0.717) is 6.54 Å². The standard InChI is InChI=1S/C18H24N4O2S/c1-18(2,3)21-17(19-11-10-16-5-4-12-25-16)20-13-14-6-8-15(9-7-14)22(23)24/h4-9,12H,10-11,13H2,1-3H3,(H2,19,20,21). The average Bonchev–Trinajstić information content (AvgIpc) is 3.05. The maximum absolute atomic E-state index is 10.7. The number of nitro groups is 1. The second kappa shape index (κ2) is 8.62. The molecule has 6 nitrogen and oxygen atoms in total. The Balaban J connectivity index is 1.97. The Morgan fingerprint density at radius 2 is 1.96 bits per heavy atom. The summed E-state index contributed by atoms with van der Waals surface area (Å²) in [7, 11) is 0. The molecule has 1 aromatic carbocycles. The monoisotopic (exact) mass is 360 g/mol. The quantitative estimate of drug-likeness (QED) is 0.356. The van der Waals surface area contributed by atoms with Gasteiger partial charge in [0.15, 0.2) is 5.96 Å². The molecule has 0 spiro atoms. The van der Waals surface area contributed by atoms with Crippen molar-refractivity contribution < 1.29 is 4.92 Å². The first-order chi connectivity index (χ1) is 11.8. The highest BCUT2D eigenvalue weighted by molar-refractivity contribution is 7.09. The van der Waals surface area contributed by atoms with E-state index in [1.165, 1.54) is 17.0 Å². The van der Waals surface area contributed by atoms with E-state index >= 15 is 0 Å². The number of thiophene rings is 1. The van der Waals surface area contributed by atoms with Crippen LogP contribution in [0.1, 0.15) is 31.2 Å². The number of rotatable bonds is 6. The normalized spacial score (nSPS) is 12.0. The minimum absolute atomic E-state index is 0.0924. The van der Waals surface area contributed by atoms with Crippen molar-refractivity contribution in [3.8, 4) is 0 Å². The lowest BCUT2D eigenvalue weighted by molar-refractivity contribution is -0.384. The van der Waals surface area contributed by atoms with Gasteiger partial charge < -0.3 is 10.6 Å². The molecule has 0 saturated carbocycles. The molecule has 1 heterocycles. The third-order valence-corrected chi connectivity index (χ3v) is 4.24. The number of guanidine groups is 1. The summed E-state index contributed by atoms with van der Waals surface area (Å²) in [5.74, 6) is 0.738. The van der Waals surface area contributed by atoms with Gasteiger partial charge >= 0.3 is 0 Å². The third kappa shape index (κ3) is 6.93. The minimum Gasteiger partial charge on any atom is -0.356 e. The fourth-order valence-electron chi connectivity index (χ4n) is 2.15. The third-order valence-electron chi connectivity index (χ3n) is 3.30. The lowest BCUT2D eigenvalue weighted by atomic mass is 10.1. The molecule has 0 bridgehead atoms. The number of benzene rings is 1. The van der Waals surface area contributed by atoms with Gasteiger partial charge in [0, 0.05) is 29.1 Å². The highest BCUT2D eigenvalue weighted by Crippen LogP contribution is 2.12. The van der Waals surface area contributed by atoms with Crippen LogP contribution >= 0.6 is 11.3 Å². The fraction of sp³-hybridized carbons (Fsp3) is 0.389. The molecule has 134 valence electrons. The summed E-state index contributed by atoms with van der Waals surface area (Å²) >= 11 is 1.75. The Hall–Kier alpha value is -2.41. The average molecular weight is 360 g/mol. The Morgan fingerprint density at radius 3 is 2.52 bits per heavy atom. The molecule has 0 radical (unpaired) electrons. The zero-order chi connectivity index (χ0) is 18.3. The summed E-state index contributed by atoms with van der Waals surface area (Å²) in [6, 6.07) is 10.7. The maximum atomic E-state index is 10.7. The molecule has 2 N–H and O–H groups in total. The first-order valence-electron chi connectivity index (χ1n) is 8.16. The summed E-state index contributed by atoms with van der Waals surface area (Å²) < 4.78 is 0. The van der Waals surface area contributed by atoms with E-state index in [9.17, 15) is 10.1 Å². The molecule has 0 aliphatic rings. The maximum Gasteiger partial charge on any atom is 0.269 e. The Labute approximate surface area is 152 Å². The highest BCUT2D eigenvalue weighted by Gasteiger charge is 2.12. The van der Waals surface area contributed by atoms with E-state index in [4.69, 9.17) is 0 Å². The van der Waals surface area contributed by atoms with Gasteiger partial charge in [0.05, 0.1) is 11.5 Å². The van der Waals surface area contributed by atoms with Gasteiger partial charge in [0.25, 0.3) is 5.69 Å². The van der Waals surface area contributed by atoms with Crippen molar-refractivity contribution in [2.75, 3.05) is 6.54 Å². The molecule has 1 aromatic heterocycles. The van der Waals surface area contributed by atoms with Gasteiger partial charge in [-0.25, -0.2) is 4.99 Å². The number of non-ortho nitro benzene ring substituents is 1. The predicted octanol–water partition coefficient (Wildman–Crippen LogP) is 3.73. The molecule has 7 heteroatoms. The predicted molar refractivity (Wildman–Crippen MR) is 103 cm³/mol. The van der Waals surface area contributed by atoms with Crippen LogP contribution in [-0.4, -0.2) is 23.0 Å². The summed E-state index contributed by atoms with van der Waals surface area (Å²) in [5, 5.41) is 19.5. The van der Waals surface area contributed by atoms with Crippen molar-refractivity contribution in [3.63, 3.8) is 0 Å². The number of nitrogens with zero attached hydrogens (tertiary/aromatic N) is 2. The molecule has 2 rings (SSSR count). The number of nitrogens with one attached hydrogen (secondary N) is 2. The largest absolute Gasteiger partial charge is 0.356 e. The van der Waals surface area contributed by atoms with Crippen molar-refractivity contribution in [1.29, 1.82) is 0 Å². The van der Waals surface area contributed by atoms with Crippen LogP contribution in [0.15, 0.2) is 46.8 Å². The van der Waals surface area contributed by atoms with Crippen LogP contribution in [0, 0.1) is 10.1 Å². The van der Waals surface area contributed by atoms with Crippen LogP contribution in [0.25, 0.3) is 0 Å². The lowest BCUT2D eigenvalue weighted by Crippen LogP contribution is -2.48. The van der Waals surface area contributed by atoms with Gasteiger partial charge in [-0.2, -0.15) is 0 Å². The molecule has 0 saturated heterocycles. The van der Waals surface area contributed by atoms with E-state index in [-0.39, 0.29) is 11.2 Å². The van der Waals surface area contributed by atoms with E-state index < -0.39 is 4.92 Å². The second-order valence-electron chi connectivity index (χ2n) is 6.72. The smallest absolute Gasteiger partial charge is 0.269 e. The van der Waals surface area contributed by atoms with Gasteiger partial charge in [-0.15, -0.1) is 11.3 Å². The van der Waals surface area contributed by atoms with E-state index in [2.05, 4.69) is 53.9 Å². The number of aliphatic imine (C=N–C) groups is 1. The van der Waals surface area contributed by atoms with Crippen molar-refractivity contribution in [1.82, 2.24) is 10.6 Å². The van der Waals surface area contributed by atoms with Crippen molar-refractivity contribution >= 4 is 23.0 Å². The molecule has 2 aromatic rings. The first-order valence-corrected chi connectivity index (χ1v) is 9.04. The molecule has 0 amide bonds. The van der Waals surface area contributed by atoms with E-state index in [1.54, 1.807) is 23.5 Å². The summed E-state index contributed by atoms with van der Waals surface area (Å²) in [4.78, 5) is 16.2.